The Labute approximate surface area is 271 Å². The van der Waals surface area contributed by atoms with E-state index < -0.39 is 23.3 Å². The fourth-order valence-corrected chi connectivity index (χ4v) is 5.25. The molecule has 1 aromatic heterocycles. The van der Waals surface area contributed by atoms with Crippen molar-refractivity contribution >= 4 is 29.1 Å². The van der Waals surface area contributed by atoms with E-state index in [4.69, 9.17) is 4.74 Å². The SMILES string of the molecule is CCNC(=O)c1cccc(-c2cnc(NC(=O)[C@H](C)NC)c(=O)n2Cc2cc(C(=O)c3ccc(F)cc3)cc(N3CCOCC3)c2)c1. The maximum Gasteiger partial charge on any atom is 0.294 e. The summed E-state index contributed by atoms with van der Waals surface area (Å²) in [7, 11) is 1.63. The van der Waals surface area contributed by atoms with Gasteiger partial charge in [-0.25, -0.2) is 9.37 Å². The first-order valence-corrected chi connectivity index (χ1v) is 15.4. The second kappa shape index (κ2) is 14.9. The van der Waals surface area contributed by atoms with Gasteiger partial charge >= 0.3 is 0 Å². The summed E-state index contributed by atoms with van der Waals surface area (Å²) in [6, 6.07) is 17.0. The van der Waals surface area contributed by atoms with Crippen molar-refractivity contribution in [2.45, 2.75) is 26.4 Å². The van der Waals surface area contributed by atoms with Gasteiger partial charge in [-0.05, 0) is 81.1 Å². The summed E-state index contributed by atoms with van der Waals surface area (Å²) >= 11 is 0. The predicted molar refractivity (Wildman–Crippen MR) is 178 cm³/mol. The van der Waals surface area contributed by atoms with Gasteiger partial charge in [0, 0.05) is 47.6 Å². The zero-order valence-electron chi connectivity index (χ0n) is 26.5. The van der Waals surface area contributed by atoms with Crippen LogP contribution in [0.25, 0.3) is 11.3 Å². The Bertz CT molecular complexity index is 1840. The summed E-state index contributed by atoms with van der Waals surface area (Å²) in [6.07, 6.45) is 1.48. The lowest BCUT2D eigenvalue weighted by molar-refractivity contribution is -0.117. The van der Waals surface area contributed by atoms with E-state index in [1.54, 1.807) is 50.4 Å². The second-order valence-electron chi connectivity index (χ2n) is 11.1. The third kappa shape index (κ3) is 7.79. The van der Waals surface area contributed by atoms with Gasteiger partial charge < -0.3 is 25.6 Å². The molecule has 1 atom stereocenters. The van der Waals surface area contributed by atoms with Crippen molar-refractivity contribution in [3.8, 4) is 11.3 Å². The molecule has 244 valence electrons. The van der Waals surface area contributed by atoms with Crippen LogP contribution in [0.1, 0.15) is 45.7 Å². The van der Waals surface area contributed by atoms with E-state index in [2.05, 4.69) is 25.8 Å². The number of carbonyl (C=O) groups excluding carboxylic acids is 3. The highest BCUT2D eigenvalue weighted by Crippen LogP contribution is 2.26. The molecule has 2 heterocycles. The molecule has 2 amide bonds. The monoisotopic (exact) mass is 640 g/mol. The van der Waals surface area contributed by atoms with Crippen molar-refractivity contribution in [1.82, 2.24) is 20.2 Å². The smallest absolute Gasteiger partial charge is 0.294 e. The molecule has 5 rings (SSSR count). The first-order valence-electron chi connectivity index (χ1n) is 15.4. The van der Waals surface area contributed by atoms with Crippen LogP contribution in [-0.2, 0) is 16.1 Å². The van der Waals surface area contributed by atoms with Crippen LogP contribution in [-0.4, -0.2) is 73.1 Å². The van der Waals surface area contributed by atoms with Crippen LogP contribution in [0.15, 0.2) is 77.7 Å². The third-order valence-corrected chi connectivity index (χ3v) is 7.94. The molecule has 3 N–H and O–H groups in total. The Balaban J connectivity index is 1.63. The van der Waals surface area contributed by atoms with Crippen LogP contribution in [0, 0.1) is 5.82 Å². The Morgan fingerprint density at radius 2 is 1.72 bits per heavy atom. The van der Waals surface area contributed by atoms with Crippen molar-refractivity contribution < 1.29 is 23.5 Å². The van der Waals surface area contributed by atoms with E-state index in [1.807, 2.05) is 13.0 Å². The van der Waals surface area contributed by atoms with Gasteiger partial charge in [-0.3, -0.25) is 23.7 Å². The molecule has 4 aromatic rings. The number of anilines is 2. The van der Waals surface area contributed by atoms with Gasteiger partial charge in [-0.15, -0.1) is 0 Å². The van der Waals surface area contributed by atoms with Crippen LogP contribution >= 0.6 is 0 Å². The highest BCUT2D eigenvalue weighted by molar-refractivity contribution is 6.09. The summed E-state index contributed by atoms with van der Waals surface area (Å²) in [5, 5.41) is 8.24. The predicted octanol–water partition coefficient (Wildman–Crippen LogP) is 3.46. The second-order valence-corrected chi connectivity index (χ2v) is 11.1. The summed E-state index contributed by atoms with van der Waals surface area (Å²) in [6.45, 7) is 6.21. The largest absolute Gasteiger partial charge is 0.378 e. The Morgan fingerprint density at radius 1 is 0.979 bits per heavy atom. The number of nitrogens with one attached hydrogen (secondary N) is 3. The molecule has 0 aliphatic carbocycles. The van der Waals surface area contributed by atoms with Gasteiger partial charge in [0.2, 0.25) is 5.91 Å². The minimum atomic E-state index is -0.580. The molecule has 0 unspecified atom stereocenters. The number of hydrogen-bond acceptors (Lipinski definition) is 8. The molecule has 1 aliphatic heterocycles. The highest BCUT2D eigenvalue weighted by atomic mass is 19.1. The van der Waals surface area contributed by atoms with Crippen molar-refractivity contribution in [3.05, 3.63) is 111 Å². The maximum atomic E-state index is 14.1. The lowest BCUT2D eigenvalue weighted by Crippen LogP contribution is -2.38. The average molecular weight is 641 g/mol. The minimum Gasteiger partial charge on any atom is -0.378 e. The molecule has 0 bridgehead atoms. The van der Waals surface area contributed by atoms with E-state index in [0.717, 1.165) is 5.69 Å². The Hall–Kier alpha value is -5.20. The zero-order valence-corrected chi connectivity index (χ0v) is 26.5. The topological polar surface area (TPSA) is 135 Å². The lowest BCUT2D eigenvalue weighted by atomic mass is 9.99. The molecular formula is C35H37FN6O5. The van der Waals surface area contributed by atoms with Gasteiger partial charge in [-0.2, -0.15) is 0 Å². The maximum absolute atomic E-state index is 14.1. The van der Waals surface area contributed by atoms with Gasteiger partial charge in [0.1, 0.15) is 5.82 Å². The summed E-state index contributed by atoms with van der Waals surface area (Å²) < 4.78 is 20.6. The number of carbonyl (C=O) groups is 3. The van der Waals surface area contributed by atoms with Crippen LogP contribution in [0.2, 0.25) is 0 Å². The molecule has 11 nitrogen and oxygen atoms in total. The lowest BCUT2D eigenvalue weighted by Gasteiger charge is -2.29. The molecule has 0 spiro atoms. The molecular weight excluding hydrogens is 603 g/mol. The van der Waals surface area contributed by atoms with E-state index in [1.165, 1.54) is 35.0 Å². The number of ketones is 1. The molecule has 3 aromatic carbocycles. The third-order valence-electron chi connectivity index (χ3n) is 7.94. The fourth-order valence-electron chi connectivity index (χ4n) is 5.25. The quantitative estimate of drug-likeness (QED) is 0.212. The van der Waals surface area contributed by atoms with Crippen molar-refractivity contribution in [2.75, 3.05) is 50.1 Å². The number of ether oxygens (including phenoxy) is 1. The Morgan fingerprint density at radius 3 is 2.43 bits per heavy atom. The van der Waals surface area contributed by atoms with E-state index in [9.17, 15) is 23.6 Å². The van der Waals surface area contributed by atoms with Crippen molar-refractivity contribution in [2.24, 2.45) is 0 Å². The molecule has 1 fully saturated rings. The molecule has 1 saturated heterocycles. The van der Waals surface area contributed by atoms with Crippen molar-refractivity contribution in [1.29, 1.82) is 0 Å². The number of morpholine rings is 1. The van der Waals surface area contributed by atoms with Crippen molar-refractivity contribution in [3.63, 3.8) is 0 Å². The number of amides is 2. The summed E-state index contributed by atoms with van der Waals surface area (Å²) in [4.78, 5) is 59.5. The number of aromatic nitrogens is 2. The normalized spacial score (nSPS) is 13.6. The number of rotatable bonds is 11. The minimum absolute atomic E-state index is 0.00833. The van der Waals surface area contributed by atoms with Gasteiger partial charge in [0.05, 0.1) is 37.7 Å². The molecule has 12 heteroatoms. The molecule has 0 saturated carbocycles. The van der Waals surface area contributed by atoms with Gasteiger partial charge in [-0.1, -0.05) is 12.1 Å². The van der Waals surface area contributed by atoms with Gasteiger partial charge in [0.25, 0.3) is 11.5 Å². The van der Waals surface area contributed by atoms with E-state index in [-0.39, 0.29) is 24.1 Å². The van der Waals surface area contributed by atoms with E-state index in [0.29, 0.717) is 66.4 Å². The van der Waals surface area contributed by atoms with Crippen LogP contribution in [0.3, 0.4) is 0 Å². The highest BCUT2D eigenvalue weighted by Gasteiger charge is 2.21. The average Bonchev–Trinajstić information content (AvgIpc) is 3.10. The fraction of sp³-hybridized carbons (Fsp3) is 0.286. The first-order chi connectivity index (χ1) is 22.7. The van der Waals surface area contributed by atoms with Gasteiger partial charge in [0.15, 0.2) is 11.6 Å². The van der Waals surface area contributed by atoms with E-state index >= 15 is 0 Å². The summed E-state index contributed by atoms with van der Waals surface area (Å²) in [5.41, 5.74) is 2.91. The van der Waals surface area contributed by atoms with Crippen LogP contribution < -0.4 is 26.4 Å². The number of hydrogen-bond donors (Lipinski definition) is 3. The molecule has 1 aliphatic rings. The van der Waals surface area contributed by atoms with Crippen LogP contribution in [0.4, 0.5) is 15.9 Å². The Kier molecular flexibility index (Phi) is 10.5. The molecule has 47 heavy (non-hydrogen) atoms. The number of halogens is 1. The number of nitrogens with zero attached hydrogens (tertiary/aromatic N) is 3. The van der Waals surface area contributed by atoms with Crippen LogP contribution in [0.5, 0.6) is 0 Å². The standard InChI is InChI=1S/C35H37FN6O5/c1-4-38-34(45)26-7-5-6-25(18-26)30-20-39-32(40-33(44)22(2)37-3)35(46)42(30)21-23-16-27(31(43)24-8-10-28(36)11-9-24)19-29(17-23)41-12-14-47-15-13-41/h5-11,16-20,22,37H,4,12-15,21H2,1-3H3,(H,38,45)(H,39,40,44)/t22-/m0/s1. The number of benzene rings is 3. The number of likely N-dealkylation sites (N-methyl/N-ethyl adjacent to an activating group) is 1. The molecule has 0 radical (unpaired) electrons. The summed E-state index contributed by atoms with van der Waals surface area (Å²) in [5.74, 6) is -1.60. The first kappa shape index (κ1) is 33.2. The zero-order chi connectivity index (χ0) is 33.5.